The number of piperazine rings is 1. The van der Waals surface area contributed by atoms with Gasteiger partial charge in [0.25, 0.3) is 0 Å². The number of fused-ring (bicyclic) bond motifs is 1. The van der Waals surface area contributed by atoms with Gasteiger partial charge in [0.05, 0.1) is 0 Å². The summed E-state index contributed by atoms with van der Waals surface area (Å²) in [6, 6.07) is 4.08. The second-order valence-corrected chi connectivity index (χ2v) is 5.56. The number of hydrogen-bond donors (Lipinski definition) is 1. The van der Waals surface area contributed by atoms with Crippen LogP contribution in [0, 0.1) is 6.92 Å². The Bertz CT molecular complexity index is 572. The van der Waals surface area contributed by atoms with Gasteiger partial charge >= 0.3 is 0 Å². The minimum absolute atomic E-state index is 0.0538. The summed E-state index contributed by atoms with van der Waals surface area (Å²) in [5.74, 6) is 0.826. The Morgan fingerprint density at radius 3 is 2.94 bits per heavy atom. The van der Waals surface area contributed by atoms with E-state index >= 15 is 0 Å². The summed E-state index contributed by atoms with van der Waals surface area (Å²) < 4.78 is 1.86. The first-order chi connectivity index (χ1) is 8.56. The fourth-order valence-electron chi connectivity index (χ4n) is 2.44. The molecule has 0 aromatic carbocycles. The van der Waals surface area contributed by atoms with E-state index in [0.717, 1.165) is 31.2 Å². The van der Waals surface area contributed by atoms with E-state index in [2.05, 4.69) is 47.1 Å². The number of pyridine rings is 1. The Balaban J connectivity index is 2.03. The fourth-order valence-corrected chi connectivity index (χ4v) is 2.44. The molecule has 3 rings (SSSR count). The maximum absolute atomic E-state index is 4.62. The molecule has 1 saturated heterocycles. The molecule has 1 aliphatic heterocycles. The van der Waals surface area contributed by atoms with Crippen LogP contribution >= 0.6 is 0 Å². The largest absolute Gasteiger partial charge is 0.332 e. The zero-order chi connectivity index (χ0) is 12.8. The lowest BCUT2D eigenvalue weighted by Gasteiger charge is -2.42. The van der Waals surface area contributed by atoms with E-state index in [4.69, 9.17) is 0 Å². The van der Waals surface area contributed by atoms with Crippen LogP contribution in [0.1, 0.15) is 19.4 Å². The number of anilines is 1. The van der Waals surface area contributed by atoms with Gasteiger partial charge in [-0.1, -0.05) is 6.07 Å². The van der Waals surface area contributed by atoms with Crippen molar-refractivity contribution in [1.82, 2.24) is 19.9 Å². The van der Waals surface area contributed by atoms with Crippen LogP contribution in [0.3, 0.4) is 0 Å². The predicted octanol–water partition coefficient (Wildman–Crippen LogP) is 1.23. The fraction of sp³-hybridized carbons (Fsp3) is 0.538. The first-order valence-electron chi connectivity index (χ1n) is 6.38. The molecule has 0 spiro atoms. The quantitative estimate of drug-likeness (QED) is 0.820. The smallest absolute Gasteiger partial charge is 0.246 e. The normalized spacial score (nSPS) is 19.4. The summed E-state index contributed by atoms with van der Waals surface area (Å²) in [6.45, 7) is 9.39. The molecular weight excluding hydrogens is 226 g/mol. The molecule has 0 amide bonds. The van der Waals surface area contributed by atoms with E-state index in [1.807, 2.05) is 16.8 Å². The van der Waals surface area contributed by atoms with Gasteiger partial charge in [0.2, 0.25) is 5.95 Å². The number of hydrogen-bond acceptors (Lipinski definition) is 4. The topological polar surface area (TPSA) is 45.5 Å². The maximum Gasteiger partial charge on any atom is 0.246 e. The Labute approximate surface area is 107 Å². The summed E-state index contributed by atoms with van der Waals surface area (Å²) in [6.07, 6.45) is 2.01. The van der Waals surface area contributed by atoms with E-state index in [1.165, 1.54) is 5.56 Å². The van der Waals surface area contributed by atoms with Crippen molar-refractivity contribution in [2.45, 2.75) is 26.3 Å². The molecule has 0 bridgehead atoms. The molecule has 5 heteroatoms. The zero-order valence-electron chi connectivity index (χ0n) is 11.1. The molecule has 2 aromatic rings. The first-order valence-corrected chi connectivity index (χ1v) is 6.38. The molecule has 2 aromatic heterocycles. The van der Waals surface area contributed by atoms with Gasteiger partial charge in [-0.05, 0) is 32.4 Å². The van der Waals surface area contributed by atoms with E-state index < -0.39 is 0 Å². The van der Waals surface area contributed by atoms with Crippen LogP contribution < -0.4 is 10.2 Å². The standard InChI is InChI=1S/C13H19N5/c1-10-4-5-11-15-12(16-18(11)8-10)17-7-6-14-9-13(17,2)3/h4-5,8,14H,6-7,9H2,1-3H3. The predicted molar refractivity (Wildman–Crippen MR) is 72.0 cm³/mol. The van der Waals surface area contributed by atoms with Gasteiger partial charge in [-0.3, -0.25) is 0 Å². The molecule has 0 unspecified atom stereocenters. The number of aromatic nitrogens is 3. The molecule has 0 saturated carbocycles. The molecule has 3 heterocycles. The molecule has 18 heavy (non-hydrogen) atoms. The molecule has 1 aliphatic rings. The highest BCUT2D eigenvalue weighted by Gasteiger charge is 2.32. The van der Waals surface area contributed by atoms with Gasteiger partial charge in [-0.2, -0.15) is 4.98 Å². The lowest BCUT2D eigenvalue weighted by molar-refractivity contribution is 0.375. The highest BCUT2D eigenvalue weighted by atomic mass is 15.4. The van der Waals surface area contributed by atoms with Gasteiger partial charge < -0.3 is 10.2 Å². The zero-order valence-corrected chi connectivity index (χ0v) is 11.1. The summed E-state index contributed by atoms with van der Waals surface area (Å²) in [5, 5.41) is 8.01. The van der Waals surface area contributed by atoms with Crippen molar-refractivity contribution in [3.05, 3.63) is 23.9 Å². The monoisotopic (exact) mass is 245 g/mol. The van der Waals surface area contributed by atoms with Gasteiger partial charge in [0, 0.05) is 31.4 Å². The summed E-state index contributed by atoms with van der Waals surface area (Å²) in [7, 11) is 0. The van der Waals surface area contributed by atoms with E-state index in [1.54, 1.807) is 0 Å². The molecule has 5 nitrogen and oxygen atoms in total. The highest BCUT2D eigenvalue weighted by molar-refractivity contribution is 5.47. The maximum atomic E-state index is 4.62. The Morgan fingerprint density at radius 2 is 2.17 bits per heavy atom. The number of nitrogens with one attached hydrogen (secondary N) is 1. The van der Waals surface area contributed by atoms with Crippen molar-refractivity contribution in [1.29, 1.82) is 0 Å². The second kappa shape index (κ2) is 3.95. The summed E-state index contributed by atoms with van der Waals surface area (Å²) in [5.41, 5.74) is 2.15. The minimum atomic E-state index is 0.0538. The number of rotatable bonds is 1. The molecule has 0 radical (unpaired) electrons. The van der Waals surface area contributed by atoms with Gasteiger partial charge in [0.15, 0.2) is 5.65 Å². The molecular formula is C13H19N5. The van der Waals surface area contributed by atoms with Crippen LogP contribution in [0.15, 0.2) is 18.3 Å². The molecule has 1 N–H and O–H groups in total. The summed E-state index contributed by atoms with van der Waals surface area (Å²) in [4.78, 5) is 6.91. The average molecular weight is 245 g/mol. The molecule has 96 valence electrons. The van der Waals surface area contributed by atoms with Crippen LogP contribution in [0.25, 0.3) is 5.65 Å². The third-order valence-corrected chi connectivity index (χ3v) is 3.51. The minimum Gasteiger partial charge on any atom is -0.332 e. The van der Waals surface area contributed by atoms with Crippen molar-refractivity contribution in [3.63, 3.8) is 0 Å². The van der Waals surface area contributed by atoms with Crippen molar-refractivity contribution in [2.24, 2.45) is 0 Å². The van der Waals surface area contributed by atoms with Crippen molar-refractivity contribution >= 4 is 11.6 Å². The van der Waals surface area contributed by atoms with Crippen LogP contribution in [0.5, 0.6) is 0 Å². The Morgan fingerprint density at radius 1 is 1.33 bits per heavy atom. The molecule has 0 aliphatic carbocycles. The number of nitrogens with zero attached hydrogens (tertiary/aromatic N) is 4. The van der Waals surface area contributed by atoms with Crippen molar-refractivity contribution in [3.8, 4) is 0 Å². The van der Waals surface area contributed by atoms with Crippen LogP contribution in [-0.4, -0.2) is 39.8 Å². The van der Waals surface area contributed by atoms with Crippen molar-refractivity contribution < 1.29 is 0 Å². The van der Waals surface area contributed by atoms with Gasteiger partial charge in [-0.15, -0.1) is 5.10 Å². The van der Waals surface area contributed by atoms with E-state index in [0.29, 0.717) is 0 Å². The average Bonchev–Trinajstić information content (AvgIpc) is 2.70. The third kappa shape index (κ3) is 1.84. The highest BCUT2D eigenvalue weighted by Crippen LogP contribution is 2.22. The first kappa shape index (κ1) is 11.5. The van der Waals surface area contributed by atoms with Gasteiger partial charge in [-0.25, -0.2) is 4.52 Å². The Kier molecular flexibility index (Phi) is 2.52. The van der Waals surface area contributed by atoms with Gasteiger partial charge in [0.1, 0.15) is 0 Å². The van der Waals surface area contributed by atoms with Crippen LogP contribution in [0.4, 0.5) is 5.95 Å². The van der Waals surface area contributed by atoms with E-state index in [9.17, 15) is 0 Å². The van der Waals surface area contributed by atoms with Crippen LogP contribution in [0.2, 0.25) is 0 Å². The lowest BCUT2D eigenvalue weighted by Crippen LogP contribution is -2.58. The van der Waals surface area contributed by atoms with E-state index in [-0.39, 0.29) is 5.54 Å². The summed E-state index contributed by atoms with van der Waals surface area (Å²) >= 11 is 0. The van der Waals surface area contributed by atoms with Crippen molar-refractivity contribution in [2.75, 3.05) is 24.5 Å². The lowest BCUT2D eigenvalue weighted by atomic mass is 10.0. The Hall–Kier alpha value is -1.62. The van der Waals surface area contributed by atoms with Crippen LogP contribution in [-0.2, 0) is 0 Å². The third-order valence-electron chi connectivity index (χ3n) is 3.51. The second-order valence-electron chi connectivity index (χ2n) is 5.56. The molecule has 0 atom stereocenters. The SMILES string of the molecule is Cc1ccc2nc(N3CCNCC3(C)C)nn2c1. The molecule has 1 fully saturated rings. The number of aryl methyl sites for hydroxylation is 1.